The van der Waals surface area contributed by atoms with Crippen molar-refractivity contribution in [3.63, 3.8) is 0 Å². The molecule has 0 saturated heterocycles. The molecule has 3 nitrogen and oxygen atoms in total. The highest BCUT2D eigenvalue weighted by molar-refractivity contribution is 5.56. The molecule has 58 valence electrons. The molecular formula is C8H8O3. The first-order chi connectivity index (χ1) is 5.29. The molecule has 0 heterocycles. The number of hydrogen-bond donors (Lipinski definition) is 1. The van der Waals surface area contributed by atoms with Gasteiger partial charge in [-0.1, -0.05) is 30.3 Å². The van der Waals surface area contributed by atoms with E-state index in [4.69, 9.17) is 5.11 Å². The van der Waals surface area contributed by atoms with Gasteiger partial charge in [-0.05, 0) is 5.56 Å². The van der Waals surface area contributed by atoms with Crippen LogP contribution in [0.1, 0.15) is 5.56 Å². The second-order valence-electron chi connectivity index (χ2n) is 2.04. The summed E-state index contributed by atoms with van der Waals surface area (Å²) in [5.41, 5.74) is 0.856. The van der Waals surface area contributed by atoms with Crippen LogP contribution in [0.25, 0.3) is 0 Å². The number of hydrogen-bond acceptors (Lipinski definition) is 2. The van der Waals surface area contributed by atoms with Crippen LogP contribution in [0.2, 0.25) is 0 Å². The van der Waals surface area contributed by atoms with Crippen molar-refractivity contribution >= 4 is 6.16 Å². The minimum atomic E-state index is -1.24. The lowest BCUT2D eigenvalue weighted by atomic mass is 10.2. The molecule has 0 aliphatic rings. The quantitative estimate of drug-likeness (QED) is 0.658. The summed E-state index contributed by atoms with van der Waals surface area (Å²) in [4.78, 5) is 9.95. The summed E-state index contributed by atoms with van der Waals surface area (Å²) in [7, 11) is 0. The summed E-state index contributed by atoms with van der Waals surface area (Å²) >= 11 is 0. The highest BCUT2D eigenvalue weighted by atomic mass is 16.7. The van der Waals surface area contributed by atoms with Gasteiger partial charge in [0.1, 0.15) is 6.61 Å². The van der Waals surface area contributed by atoms with E-state index in [1.165, 1.54) is 0 Å². The van der Waals surface area contributed by atoms with Gasteiger partial charge in [0.2, 0.25) is 0 Å². The first-order valence-electron chi connectivity index (χ1n) is 3.18. The number of benzene rings is 1. The molecule has 0 fully saturated rings. The van der Waals surface area contributed by atoms with E-state index in [9.17, 15) is 4.79 Å². The Balaban J connectivity index is 2.45. The average Bonchev–Trinajstić information content (AvgIpc) is 2.03. The molecule has 0 amide bonds. The maximum atomic E-state index is 9.95. The Morgan fingerprint density at radius 1 is 1.36 bits per heavy atom. The SMILES string of the molecule is O=C(O)OCc1ccccc1. The Bertz CT molecular complexity index is 230. The summed E-state index contributed by atoms with van der Waals surface area (Å²) in [5.74, 6) is 0. The van der Waals surface area contributed by atoms with E-state index >= 15 is 0 Å². The zero-order valence-corrected chi connectivity index (χ0v) is 5.86. The first kappa shape index (κ1) is 7.60. The van der Waals surface area contributed by atoms with Crippen molar-refractivity contribution in [2.45, 2.75) is 6.61 Å². The van der Waals surface area contributed by atoms with Crippen molar-refractivity contribution in [3.05, 3.63) is 35.9 Å². The third kappa shape index (κ3) is 2.71. The van der Waals surface area contributed by atoms with Crippen molar-refractivity contribution in [2.24, 2.45) is 0 Å². The Morgan fingerprint density at radius 2 is 2.00 bits per heavy atom. The lowest BCUT2D eigenvalue weighted by Crippen LogP contribution is -1.99. The summed E-state index contributed by atoms with van der Waals surface area (Å²) in [6.07, 6.45) is -1.24. The monoisotopic (exact) mass is 152 g/mol. The van der Waals surface area contributed by atoms with Gasteiger partial charge in [0.15, 0.2) is 0 Å². The second kappa shape index (κ2) is 3.61. The van der Waals surface area contributed by atoms with E-state index in [-0.39, 0.29) is 6.61 Å². The molecule has 1 aromatic carbocycles. The van der Waals surface area contributed by atoms with E-state index < -0.39 is 6.16 Å². The molecule has 1 aromatic rings. The second-order valence-corrected chi connectivity index (χ2v) is 2.04. The maximum Gasteiger partial charge on any atom is 0.506 e. The number of ether oxygens (including phenoxy) is 1. The molecule has 0 spiro atoms. The smallest absolute Gasteiger partial charge is 0.450 e. The Kier molecular flexibility index (Phi) is 2.49. The third-order valence-corrected chi connectivity index (χ3v) is 1.21. The van der Waals surface area contributed by atoms with Crippen LogP contribution in [-0.4, -0.2) is 11.3 Å². The van der Waals surface area contributed by atoms with Crippen molar-refractivity contribution in [1.29, 1.82) is 0 Å². The van der Waals surface area contributed by atoms with Crippen LogP contribution in [-0.2, 0) is 11.3 Å². The molecule has 0 aromatic heterocycles. The predicted molar refractivity (Wildman–Crippen MR) is 39.3 cm³/mol. The number of rotatable bonds is 2. The maximum absolute atomic E-state index is 9.95. The molecule has 1 rings (SSSR count). The van der Waals surface area contributed by atoms with Gasteiger partial charge in [-0.3, -0.25) is 0 Å². The molecule has 11 heavy (non-hydrogen) atoms. The minimum absolute atomic E-state index is 0.121. The molecule has 0 bridgehead atoms. The molecule has 0 saturated carbocycles. The van der Waals surface area contributed by atoms with Gasteiger partial charge in [-0.15, -0.1) is 0 Å². The van der Waals surface area contributed by atoms with E-state index in [0.717, 1.165) is 5.56 Å². The fraction of sp³-hybridized carbons (Fsp3) is 0.125. The van der Waals surface area contributed by atoms with Crippen LogP contribution >= 0.6 is 0 Å². The van der Waals surface area contributed by atoms with Gasteiger partial charge in [0.05, 0.1) is 0 Å². The number of carbonyl (C=O) groups is 1. The van der Waals surface area contributed by atoms with Crippen LogP contribution in [0.3, 0.4) is 0 Å². The molecule has 0 aliphatic carbocycles. The van der Waals surface area contributed by atoms with Gasteiger partial charge in [0.25, 0.3) is 0 Å². The molecule has 0 unspecified atom stereocenters. The summed E-state index contributed by atoms with van der Waals surface area (Å²) < 4.78 is 4.34. The van der Waals surface area contributed by atoms with E-state index in [2.05, 4.69) is 4.74 Å². The van der Waals surface area contributed by atoms with Gasteiger partial charge in [-0.2, -0.15) is 0 Å². The van der Waals surface area contributed by atoms with Crippen LogP contribution in [0.4, 0.5) is 4.79 Å². The minimum Gasteiger partial charge on any atom is -0.450 e. The van der Waals surface area contributed by atoms with Gasteiger partial charge < -0.3 is 9.84 Å². The van der Waals surface area contributed by atoms with Crippen LogP contribution in [0.15, 0.2) is 30.3 Å². The average molecular weight is 152 g/mol. The van der Waals surface area contributed by atoms with Gasteiger partial charge in [-0.25, -0.2) is 4.79 Å². The molecule has 0 atom stereocenters. The highest BCUT2D eigenvalue weighted by Crippen LogP contribution is 1.99. The summed E-state index contributed by atoms with van der Waals surface area (Å²) in [6.45, 7) is 0.121. The van der Waals surface area contributed by atoms with E-state index in [1.807, 2.05) is 30.3 Å². The van der Waals surface area contributed by atoms with Crippen molar-refractivity contribution in [1.82, 2.24) is 0 Å². The normalized spacial score (nSPS) is 9.09. The van der Waals surface area contributed by atoms with Crippen molar-refractivity contribution in [3.8, 4) is 0 Å². The van der Waals surface area contributed by atoms with E-state index in [0.29, 0.717) is 0 Å². The number of carboxylic acid groups (broad SMARTS) is 1. The zero-order valence-electron chi connectivity index (χ0n) is 5.86. The Morgan fingerprint density at radius 3 is 2.55 bits per heavy atom. The van der Waals surface area contributed by atoms with Gasteiger partial charge in [0, 0.05) is 0 Å². The van der Waals surface area contributed by atoms with Gasteiger partial charge >= 0.3 is 6.16 Å². The fourth-order valence-electron chi connectivity index (χ4n) is 0.719. The molecule has 0 aliphatic heterocycles. The van der Waals surface area contributed by atoms with E-state index in [1.54, 1.807) is 0 Å². The lowest BCUT2D eigenvalue weighted by molar-refractivity contribution is 0.0854. The molecule has 0 radical (unpaired) electrons. The van der Waals surface area contributed by atoms with Crippen LogP contribution in [0.5, 0.6) is 0 Å². The molecule has 3 heteroatoms. The molecule has 1 N–H and O–H groups in total. The third-order valence-electron chi connectivity index (χ3n) is 1.21. The summed E-state index contributed by atoms with van der Waals surface area (Å²) in [5, 5.41) is 8.15. The Labute approximate surface area is 64.2 Å². The predicted octanol–water partition coefficient (Wildman–Crippen LogP) is 1.88. The Hall–Kier alpha value is -1.51. The van der Waals surface area contributed by atoms with Crippen molar-refractivity contribution < 1.29 is 14.6 Å². The summed E-state index contributed by atoms with van der Waals surface area (Å²) in [6, 6.07) is 9.15. The highest BCUT2D eigenvalue weighted by Gasteiger charge is 1.95. The fourth-order valence-corrected chi connectivity index (χ4v) is 0.719. The zero-order chi connectivity index (χ0) is 8.10. The first-order valence-corrected chi connectivity index (χ1v) is 3.18. The van der Waals surface area contributed by atoms with Crippen LogP contribution < -0.4 is 0 Å². The lowest BCUT2D eigenvalue weighted by Gasteiger charge is -1.98. The topological polar surface area (TPSA) is 46.5 Å². The van der Waals surface area contributed by atoms with Crippen molar-refractivity contribution in [2.75, 3.05) is 0 Å². The van der Waals surface area contributed by atoms with Crippen LogP contribution in [0, 0.1) is 0 Å². The molecular weight excluding hydrogens is 144 g/mol. The largest absolute Gasteiger partial charge is 0.506 e. The standard InChI is InChI=1S/C8H8O3/c9-8(10)11-6-7-4-2-1-3-5-7/h1-5H,6H2,(H,9,10).